The van der Waals surface area contributed by atoms with Gasteiger partial charge in [0.1, 0.15) is 6.10 Å². The molecule has 1 unspecified atom stereocenters. The van der Waals surface area contributed by atoms with Gasteiger partial charge in [-0.3, -0.25) is 0 Å². The van der Waals surface area contributed by atoms with Crippen molar-refractivity contribution in [2.24, 2.45) is 0 Å². The average Bonchev–Trinajstić information content (AvgIpc) is 2.45. The SMILES string of the molecule is C=CC=CC1CC(=CCC)C(=O)O1. The second-order valence-electron chi connectivity index (χ2n) is 2.91. The lowest BCUT2D eigenvalue weighted by atomic mass is 10.1. The van der Waals surface area contributed by atoms with Crippen molar-refractivity contribution in [1.82, 2.24) is 0 Å². The van der Waals surface area contributed by atoms with Gasteiger partial charge in [0.25, 0.3) is 0 Å². The van der Waals surface area contributed by atoms with Gasteiger partial charge in [0, 0.05) is 12.0 Å². The number of esters is 1. The van der Waals surface area contributed by atoms with Crippen molar-refractivity contribution in [3.05, 3.63) is 36.5 Å². The number of carbonyl (C=O) groups excluding carboxylic acids is 1. The van der Waals surface area contributed by atoms with Crippen molar-refractivity contribution in [1.29, 1.82) is 0 Å². The summed E-state index contributed by atoms with van der Waals surface area (Å²) < 4.78 is 5.09. The van der Waals surface area contributed by atoms with Gasteiger partial charge < -0.3 is 4.74 Å². The fourth-order valence-corrected chi connectivity index (χ4v) is 1.28. The Balaban J connectivity index is 2.60. The highest BCUT2D eigenvalue weighted by molar-refractivity contribution is 5.90. The molecule has 0 bridgehead atoms. The zero-order valence-corrected chi connectivity index (χ0v) is 7.82. The fraction of sp³-hybridized carbons (Fsp3) is 0.364. The van der Waals surface area contributed by atoms with Gasteiger partial charge >= 0.3 is 5.97 Å². The summed E-state index contributed by atoms with van der Waals surface area (Å²) in [6, 6.07) is 0. The molecule has 1 aliphatic rings. The molecule has 2 nitrogen and oxygen atoms in total. The molecule has 0 aromatic rings. The Labute approximate surface area is 78.6 Å². The van der Waals surface area contributed by atoms with E-state index in [2.05, 4.69) is 6.58 Å². The van der Waals surface area contributed by atoms with Crippen LogP contribution in [0.1, 0.15) is 19.8 Å². The minimum Gasteiger partial charge on any atom is -0.454 e. The van der Waals surface area contributed by atoms with Crippen LogP contribution in [0.15, 0.2) is 36.5 Å². The summed E-state index contributed by atoms with van der Waals surface area (Å²) in [6.07, 6.45) is 8.72. The van der Waals surface area contributed by atoms with Crippen LogP contribution in [0.2, 0.25) is 0 Å². The fourth-order valence-electron chi connectivity index (χ4n) is 1.28. The van der Waals surface area contributed by atoms with E-state index in [1.165, 1.54) is 0 Å². The van der Waals surface area contributed by atoms with E-state index in [-0.39, 0.29) is 12.1 Å². The molecule has 70 valence electrons. The first kappa shape index (κ1) is 9.78. The molecule has 1 fully saturated rings. The molecule has 1 atom stereocenters. The van der Waals surface area contributed by atoms with Crippen LogP contribution in [0, 0.1) is 0 Å². The van der Waals surface area contributed by atoms with Crippen molar-refractivity contribution < 1.29 is 9.53 Å². The van der Waals surface area contributed by atoms with E-state index in [9.17, 15) is 4.79 Å². The number of hydrogen-bond donors (Lipinski definition) is 0. The van der Waals surface area contributed by atoms with Crippen LogP contribution in [0.5, 0.6) is 0 Å². The van der Waals surface area contributed by atoms with Gasteiger partial charge in [-0.1, -0.05) is 31.7 Å². The molecule has 0 N–H and O–H groups in total. The normalized spacial score (nSPS) is 25.5. The highest BCUT2D eigenvalue weighted by Crippen LogP contribution is 2.21. The highest BCUT2D eigenvalue weighted by atomic mass is 16.5. The van der Waals surface area contributed by atoms with Crippen LogP contribution in [0.3, 0.4) is 0 Å². The lowest BCUT2D eigenvalue weighted by Gasteiger charge is -1.98. The first-order valence-electron chi connectivity index (χ1n) is 4.47. The number of hydrogen-bond acceptors (Lipinski definition) is 2. The molecule has 2 heteroatoms. The maximum absolute atomic E-state index is 11.2. The minimum atomic E-state index is -0.180. The lowest BCUT2D eigenvalue weighted by Crippen LogP contribution is -2.01. The summed E-state index contributed by atoms with van der Waals surface area (Å²) in [5.74, 6) is -0.180. The largest absolute Gasteiger partial charge is 0.454 e. The predicted molar refractivity (Wildman–Crippen MR) is 52.2 cm³/mol. The summed E-state index contributed by atoms with van der Waals surface area (Å²) in [7, 11) is 0. The van der Waals surface area contributed by atoms with Gasteiger partial charge in [-0.05, 0) is 12.5 Å². The summed E-state index contributed by atoms with van der Waals surface area (Å²) in [4.78, 5) is 11.2. The standard InChI is InChI=1S/C11H14O2/c1-3-5-7-10-8-9(6-4-2)11(12)13-10/h3,5-7,10H,1,4,8H2,2H3. The molecule has 1 saturated heterocycles. The molecule has 0 spiro atoms. The monoisotopic (exact) mass is 178 g/mol. The maximum atomic E-state index is 11.2. The molecule has 0 radical (unpaired) electrons. The van der Waals surface area contributed by atoms with Gasteiger partial charge in [0.05, 0.1) is 0 Å². The van der Waals surface area contributed by atoms with Gasteiger partial charge in [0.2, 0.25) is 0 Å². The maximum Gasteiger partial charge on any atom is 0.334 e. The van der Waals surface area contributed by atoms with Crippen LogP contribution in [-0.2, 0) is 9.53 Å². The van der Waals surface area contributed by atoms with E-state index in [1.54, 1.807) is 12.2 Å². The van der Waals surface area contributed by atoms with E-state index in [4.69, 9.17) is 4.74 Å². The molecular weight excluding hydrogens is 164 g/mol. The van der Waals surface area contributed by atoms with Crippen molar-refractivity contribution in [2.75, 3.05) is 0 Å². The molecule has 1 aliphatic heterocycles. The molecule has 1 heterocycles. The molecule has 13 heavy (non-hydrogen) atoms. The Hall–Kier alpha value is -1.31. The van der Waals surface area contributed by atoms with Crippen molar-refractivity contribution in [3.8, 4) is 0 Å². The molecule has 0 amide bonds. The quantitative estimate of drug-likeness (QED) is 0.377. The Morgan fingerprint density at radius 3 is 3.08 bits per heavy atom. The minimum absolute atomic E-state index is 0.0942. The Morgan fingerprint density at radius 2 is 2.46 bits per heavy atom. The Bertz CT molecular complexity index is 261. The second kappa shape index (κ2) is 4.65. The summed E-state index contributed by atoms with van der Waals surface area (Å²) >= 11 is 0. The molecule has 0 aliphatic carbocycles. The first-order chi connectivity index (χ1) is 6.27. The third-order valence-corrected chi connectivity index (χ3v) is 1.85. The van der Waals surface area contributed by atoms with Crippen LogP contribution in [0.4, 0.5) is 0 Å². The van der Waals surface area contributed by atoms with Gasteiger partial charge in [0.15, 0.2) is 0 Å². The number of ether oxygens (including phenoxy) is 1. The number of rotatable bonds is 3. The number of allylic oxidation sites excluding steroid dienone is 3. The third-order valence-electron chi connectivity index (χ3n) is 1.85. The highest BCUT2D eigenvalue weighted by Gasteiger charge is 2.25. The molecule has 0 aromatic carbocycles. The predicted octanol–water partition coefficient (Wildman–Crippen LogP) is 2.38. The van der Waals surface area contributed by atoms with E-state index >= 15 is 0 Å². The average molecular weight is 178 g/mol. The Morgan fingerprint density at radius 1 is 1.69 bits per heavy atom. The van der Waals surface area contributed by atoms with Gasteiger partial charge in [-0.25, -0.2) is 4.79 Å². The van der Waals surface area contributed by atoms with Crippen LogP contribution in [0.25, 0.3) is 0 Å². The topological polar surface area (TPSA) is 26.3 Å². The molecule has 1 rings (SSSR count). The van der Waals surface area contributed by atoms with Crippen LogP contribution < -0.4 is 0 Å². The summed E-state index contributed by atoms with van der Waals surface area (Å²) in [5.41, 5.74) is 0.793. The smallest absolute Gasteiger partial charge is 0.334 e. The van der Waals surface area contributed by atoms with E-state index in [0.29, 0.717) is 6.42 Å². The zero-order chi connectivity index (χ0) is 9.68. The number of carbonyl (C=O) groups is 1. The summed E-state index contributed by atoms with van der Waals surface area (Å²) in [6.45, 7) is 5.56. The van der Waals surface area contributed by atoms with E-state index < -0.39 is 0 Å². The second-order valence-corrected chi connectivity index (χ2v) is 2.91. The number of cyclic esters (lactones) is 1. The third kappa shape index (κ3) is 2.58. The van der Waals surface area contributed by atoms with E-state index in [0.717, 1.165) is 12.0 Å². The van der Waals surface area contributed by atoms with Crippen molar-refractivity contribution in [2.45, 2.75) is 25.9 Å². The van der Waals surface area contributed by atoms with Crippen LogP contribution in [-0.4, -0.2) is 12.1 Å². The van der Waals surface area contributed by atoms with Gasteiger partial charge in [-0.15, -0.1) is 0 Å². The first-order valence-corrected chi connectivity index (χ1v) is 4.47. The molecular formula is C11H14O2. The summed E-state index contributed by atoms with van der Waals surface area (Å²) in [5, 5.41) is 0. The van der Waals surface area contributed by atoms with Gasteiger partial charge in [-0.2, -0.15) is 0 Å². The van der Waals surface area contributed by atoms with E-state index in [1.807, 2.05) is 19.1 Å². The van der Waals surface area contributed by atoms with Crippen LogP contribution >= 0.6 is 0 Å². The lowest BCUT2D eigenvalue weighted by molar-refractivity contribution is -0.137. The molecule has 0 saturated carbocycles. The van der Waals surface area contributed by atoms with Crippen molar-refractivity contribution in [3.63, 3.8) is 0 Å². The Kier molecular flexibility index (Phi) is 3.50. The zero-order valence-electron chi connectivity index (χ0n) is 7.82. The molecule has 0 aromatic heterocycles. The van der Waals surface area contributed by atoms with Crippen molar-refractivity contribution >= 4 is 5.97 Å².